The molecule has 0 saturated heterocycles. The van der Waals surface area contributed by atoms with Gasteiger partial charge in [0.1, 0.15) is 0 Å². The molecule has 1 saturated carbocycles. The average molecular weight is 342 g/mol. The summed E-state index contributed by atoms with van der Waals surface area (Å²) in [6.07, 6.45) is 2.98. The predicted molar refractivity (Wildman–Crippen MR) is 86.0 cm³/mol. The molecule has 1 atom stereocenters. The Labute approximate surface area is 142 Å². The summed E-state index contributed by atoms with van der Waals surface area (Å²) in [4.78, 5) is 35.7. The number of nitrogens with one attached hydrogen (secondary N) is 1. The van der Waals surface area contributed by atoms with Crippen LogP contribution in [0.15, 0.2) is 11.6 Å². The number of carbonyl (C=O) groups is 3. The third-order valence-corrected chi connectivity index (χ3v) is 3.47. The number of ether oxygens (including phenoxy) is 3. The highest BCUT2D eigenvalue weighted by atomic mass is 16.6. The fraction of sp³-hybridized carbons (Fsp3) is 0.688. The van der Waals surface area contributed by atoms with Crippen LogP contribution < -0.4 is 5.43 Å². The molecule has 0 aromatic carbocycles. The zero-order valence-electron chi connectivity index (χ0n) is 14.5. The Hall–Kier alpha value is -2.25. The van der Waals surface area contributed by atoms with Crippen LogP contribution in [-0.4, -0.2) is 49.0 Å². The number of nitrogens with zero attached hydrogens (tertiary/aromatic N) is 1. The molecule has 8 nitrogen and oxygen atoms in total. The first kappa shape index (κ1) is 19.8. The fourth-order valence-electron chi connectivity index (χ4n) is 2.52. The summed E-state index contributed by atoms with van der Waals surface area (Å²) in [5, 5.41) is 1.10. The van der Waals surface area contributed by atoms with Gasteiger partial charge in [0.15, 0.2) is 0 Å². The quantitative estimate of drug-likeness (QED) is 0.357. The first-order chi connectivity index (χ1) is 11.5. The first-order valence-electron chi connectivity index (χ1n) is 8.30. The van der Waals surface area contributed by atoms with Crippen LogP contribution in [0.1, 0.15) is 46.5 Å². The van der Waals surface area contributed by atoms with Gasteiger partial charge in [-0.25, -0.2) is 24.8 Å². The van der Waals surface area contributed by atoms with E-state index >= 15 is 0 Å². The Balaban J connectivity index is 2.99. The molecular formula is C16H26N2O6. The molecule has 1 rings (SSSR count). The lowest BCUT2D eigenvalue weighted by Gasteiger charge is -2.34. The number of amides is 2. The van der Waals surface area contributed by atoms with Crippen molar-refractivity contribution < 1.29 is 28.6 Å². The molecule has 136 valence electrons. The third-order valence-electron chi connectivity index (χ3n) is 3.47. The van der Waals surface area contributed by atoms with Crippen LogP contribution in [0.5, 0.6) is 0 Å². The second kappa shape index (κ2) is 10.5. The summed E-state index contributed by atoms with van der Waals surface area (Å²) in [6.45, 7) is 5.69. The minimum atomic E-state index is -0.744. The van der Waals surface area contributed by atoms with Crippen molar-refractivity contribution in [1.82, 2.24) is 10.4 Å². The van der Waals surface area contributed by atoms with Crippen LogP contribution in [0.4, 0.5) is 9.59 Å². The summed E-state index contributed by atoms with van der Waals surface area (Å²) in [5.74, 6) is -0.459. The zero-order valence-corrected chi connectivity index (χ0v) is 14.5. The highest BCUT2D eigenvalue weighted by Crippen LogP contribution is 2.27. The number of hydrogen-bond acceptors (Lipinski definition) is 6. The molecule has 0 bridgehead atoms. The number of carbonyl (C=O) groups excluding carboxylic acids is 3. The van der Waals surface area contributed by atoms with Crippen molar-refractivity contribution in [3.8, 4) is 0 Å². The van der Waals surface area contributed by atoms with E-state index in [-0.39, 0.29) is 19.8 Å². The van der Waals surface area contributed by atoms with Gasteiger partial charge < -0.3 is 14.2 Å². The fourth-order valence-corrected chi connectivity index (χ4v) is 2.52. The topological polar surface area (TPSA) is 94.2 Å². The van der Waals surface area contributed by atoms with Gasteiger partial charge in [0.25, 0.3) is 0 Å². The molecule has 2 amide bonds. The molecule has 1 aliphatic carbocycles. The van der Waals surface area contributed by atoms with E-state index in [1.165, 1.54) is 6.08 Å². The van der Waals surface area contributed by atoms with Crippen LogP contribution in [0.3, 0.4) is 0 Å². The maximum Gasteiger partial charge on any atom is 0.429 e. The molecule has 0 radical (unpaired) electrons. The van der Waals surface area contributed by atoms with Gasteiger partial charge >= 0.3 is 18.2 Å². The van der Waals surface area contributed by atoms with Gasteiger partial charge in [-0.3, -0.25) is 0 Å². The van der Waals surface area contributed by atoms with Crippen LogP contribution in [-0.2, 0) is 19.0 Å². The van der Waals surface area contributed by atoms with E-state index < -0.39 is 24.2 Å². The van der Waals surface area contributed by atoms with Crippen molar-refractivity contribution in [3.05, 3.63) is 11.6 Å². The molecule has 1 unspecified atom stereocenters. The Bertz CT molecular complexity index is 477. The molecule has 0 aromatic rings. The second-order valence-electron chi connectivity index (χ2n) is 5.13. The summed E-state index contributed by atoms with van der Waals surface area (Å²) in [6, 6.07) is -0.466. The monoisotopic (exact) mass is 342 g/mol. The van der Waals surface area contributed by atoms with E-state index in [9.17, 15) is 14.4 Å². The van der Waals surface area contributed by atoms with E-state index in [2.05, 4.69) is 5.43 Å². The number of hydrazine groups is 1. The van der Waals surface area contributed by atoms with Gasteiger partial charge in [-0.15, -0.1) is 0 Å². The highest BCUT2D eigenvalue weighted by molar-refractivity contribution is 5.83. The van der Waals surface area contributed by atoms with Crippen LogP contribution >= 0.6 is 0 Å². The molecule has 0 heterocycles. The molecular weight excluding hydrogens is 316 g/mol. The van der Waals surface area contributed by atoms with E-state index in [1.807, 2.05) is 0 Å². The van der Waals surface area contributed by atoms with Crippen LogP contribution in [0.2, 0.25) is 0 Å². The van der Waals surface area contributed by atoms with Gasteiger partial charge in [-0.1, -0.05) is 6.42 Å². The van der Waals surface area contributed by atoms with E-state index in [0.717, 1.165) is 23.4 Å². The van der Waals surface area contributed by atoms with Crippen LogP contribution in [0, 0.1) is 0 Å². The van der Waals surface area contributed by atoms with E-state index in [0.29, 0.717) is 12.8 Å². The predicted octanol–water partition coefficient (Wildman–Crippen LogP) is 2.54. The molecule has 0 spiro atoms. The summed E-state index contributed by atoms with van der Waals surface area (Å²) in [5.41, 5.74) is 3.14. The average Bonchev–Trinajstić information content (AvgIpc) is 2.54. The van der Waals surface area contributed by atoms with Crippen molar-refractivity contribution in [3.63, 3.8) is 0 Å². The zero-order chi connectivity index (χ0) is 17.9. The van der Waals surface area contributed by atoms with Crippen LogP contribution in [0.25, 0.3) is 0 Å². The Morgan fingerprint density at radius 2 is 1.75 bits per heavy atom. The third kappa shape index (κ3) is 6.10. The molecule has 0 aliphatic heterocycles. The first-order valence-corrected chi connectivity index (χ1v) is 8.30. The van der Waals surface area contributed by atoms with Gasteiger partial charge in [0, 0.05) is 6.08 Å². The smallest absolute Gasteiger partial charge is 0.429 e. The standard InChI is InChI=1S/C16H26N2O6/c1-4-22-14(19)11-12-9-7-8-10-13(12)18(16(21)24-6-3)17-15(20)23-5-2/h11,13H,4-10H2,1-3H3,(H,17,20)/b12-11+. The number of hydrogen-bond donors (Lipinski definition) is 1. The summed E-state index contributed by atoms with van der Waals surface area (Å²) < 4.78 is 14.8. The maximum absolute atomic E-state index is 12.2. The lowest BCUT2D eigenvalue weighted by molar-refractivity contribution is -0.137. The largest absolute Gasteiger partial charge is 0.463 e. The van der Waals surface area contributed by atoms with Gasteiger partial charge in [0.05, 0.1) is 25.9 Å². The highest BCUT2D eigenvalue weighted by Gasteiger charge is 2.32. The Morgan fingerprint density at radius 1 is 1.08 bits per heavy atom. The summed E-state index contributed by atoms with van der Waals surface area (Å²) in [7, 11) is 0. The van der Waals surface area contributed by atoms with Crippen molar-refractivity contribution in [1.29, 1.82) is 0 Å². The molecule has 1 aliphatic rings. The molecule has 1 N–H and O–H groups in total. The van der Waals surface area contributed by atoms with E-state index in [4.69, 9.17) is 14.2 Å². The minimum absolute atomic E-state index is 0.170. The second-order valence-corrected chi connectivity index (χ2v) is 5.13. The van der Waals surface area contributed by atoms with Gasteiger partial charge in [-0.05, 0) is 45.6 Å². The van der Waals surface area contributed by atoms with E-state index in [1.54, 1.807) is 20.8 Å². The van der Waals surface area contributed by atoms with Gasteiger partial charge in [0.2, 0.25) is 0 Å². The summed E-state index contributed by atoms with van der Waals surface area (Å²) >= 11 is 0. The van der Waals surface area contributed by atoms with Crippen molar-refractivity contribution in [2.75, 3.05) is 19.8 Å². The van der Waals surface area contributed by atoms with Crippen molar-refractivity contribution >= 4 is 18.2 Å². The Morgan fingerprint density at radius 3 is 2.38 bits per heavy atom. The minimum Gasteiger partial charge on any atom is -0.463 e. The maximum atomic E-state index is 12.2. The Kier molecular flexibility index (Phi) is 8.67. The van der Waals surface area contributed by atoms with Crippen molar-refractivity contribution in [2.45, 2.75) is 52.5 Å². The molecule has 24 heavy (non-hydrogen) atoms. The van der Waals surface area contributed by atoms with Crippen molar-refractivity contribution in [2.24, 2.45) is 0 Å². The molecule has 8 heteroatoms. The van der Waals surface area contributed by atoms with Gasteiger partial charge in [-0.2, -0.15) is 0 Å². The molecule has 0 aromatic heterocycles. The number of rotatable bonds is 5. The number of esters is 1. The lowest BCUT2D eigenvalue weighted by Crippen LogP contribution is -2.53. The SMILES string of the molecule is CCOC(=O)/C=C1\CCCCC1N(NC(=O)OCC)C(=O)OCC. The lowest BCUT2D eigenvalue weighted by atomic mass is 9.89. The molecule has 1 fully saturated rings. The normalized spacial score (nSPS) is 18.6.